The molecular weight excluding hydrogens is 272 g/mol. The highest BCUT2D eigenvalue weighted by atomic mass is 35.5. The van der Waals surface area contributed by atoms with Crippen molar-refractivity contribution in [3.8, 4) is 0 Å². The summed E-state index contributed by atoms with van der Waals surface area (Å²) < 4.78 is 0. The molecule has 2 aromatic heterocycles. The predicted molar refractivity (Wildman–Crippen MR) is 70.1 cm³/mol. The molecule has 0 atom stereocenters. The third-order valence-corrected chi connectivity index (χ3v) is 3.25. The summed E-state index contributed by atoms with van der Waals surface area (Å²) in [6, 6.07) is 6.95. The van der Waals surface area contributed by atoms with Crippen LogP contribution < -0.4 is 5.73 Å². The van der Waals surface area contributed by atoms with Gasteiger partial charge in [-0.2, -0.15) is 0 Å². The number of hydrogen-bond donors (Lipinski definition) is 2. The van der Waals surface area contributed by atoms with Crippen LogP contribution in [0.15, 0.2) is 51.9 Å². The number of nitrogens with two attached hydrogens (primary N) is 1. The van der Waals surface area contributed by atoms with Crippen LogP contribution in [0.2, 0.25) is 5.02 Å². The molecule has 2 heterocycles. The summed E-state index contributed by atoms with van der Waals surface area (Å²) >= 11 is 7.07. The summed E-state index contributed by atoms with van der Waals surface area (Å²) in [4.78, 5) is 8.33. The number of pyridine rings is 2. The van der Waals surface area contributed by atoms with Crippen LogP contribution in [0.3, 0.4) is 0 Å². The summed E-state index contributed by atoms with van der Waals surface area (Å²) in [7, 11) is 0. The summed E-state index contributed by atoms with van der Waals surface area (Å²) in [5.41, 5.74) is 6.14. The molecule has 2 aromatic rings. The van der Waals surface area contributed by atoms with Gasteiger partial charge in [0.1, 0.15) is 10.1 Å². The smallest absolute Gasteiger partial charge is 0.172 e. The summed E-state index contributed by atoms with van der Waals surface area (Å²) in [6.45, 7) is 0. The van der Waals surface area contributed by atoms with Crippen LogP contribution >= 0.6 is 23.4 Å². The molecule has 7 heteroatoms. The maximum absolute atomic E-state index is 8.71. The lowest BCUT2D eigenvalue weighted by atomic mass is 10.3. The first kappa shape index (κ1) is 12.7. The molecule has 92 valence electrons. The number of nitrogens with zero attached hydrogens (tertiary/aromatic N) is 3. The fourth-order valence-corrected chi connectivity index (χ4v) is 2.19. The van der Waals surface area contributed by atoms with Crippen molar-refractivity contribution < 1.29 is 5.21 Å². The van der Waals surface area contributed by atoms with Crippen molar-refractivity contribution in [2.75, 3.05) is 0 Å². The summed E-state index contributed by atoms with van der Waals surface area (Å²) in [5, 5.41) is 13.6. The van der Waals surface area contributed by atoms with E-state index in [4.69, 9.17) is 22.5 Å². The van der Waals surface area contributed by atoms with Gasteiger partial charge in [0.15, 0.2) is 5.84 Å². The van der Waals surface area contributed by atoms with Crippen LogP contribution in [0, 0.1) is 0 Å². The van der Waals surface area contributed by atoms with Crippen molar-refractivity contribution >= 4 is 29.2 Å². The molecule has 5 nitrogen and oxygen atoms in total. The number of hydrogen-bond acceptors (Lipinski definition) is 5. The van der Waals surface area contributed by atoms with Gasteiger partial charge in [-0.15, -0.1) is 0 Å². The van der Waals surface area contributed by atoms with Gasteiger partial charge in [-0.3, -0.25) is 0 Å². The zero-order chi connectivity index (χ0) is 13.0. The molecule has 0 aliphatic heterocycles. The highest BCUT2D eigenvalue weighted by Gasteiger charge is 2.10. The van der Waals surface area contributed by atoms with Crippen LogP contribution in [-0.2, 0) is 0 Å². The fraction of sp³-hybridized carbons (Fsp3) is 0. The second-order valence-electron chi connectivity index (χ2n) is 3.26. The van der Waals surface area contributed by atoms with E-state index in [2.05, 4.69) is 15.1 Å². The van der Waals surface area contributed by atoms with Gasteiger partial charge < -0.3 is 10.9 Å². The van der Waals surface area contributed by atoms with Gasteiger partial charge in [0.2, 0.25) is 0 Å². The quantitative estimate of drug-likeness (QED) is 0.390. The molecule has 0 aliphatic rings. The van der Waals surface area contributed by atoms with E-state index in [0.717, 1.165) is 5.03 Å². The van der Waals surface area contributed by atoms with Crippen molar-refractivity contribution in [2.45, 2.75) is 10.1 Å². The monoisotopic (exact) mass is 280 g/mol. The van der Waals surface area contributed by atoms with Gasteiger partial charge in [-0.25, -0.2) is 9.97 Å². The first-order valence-corrected chi connectivity index (χ1v) is 6.12. The number of aromatic nitrogens is 2. The zero-order valence-corrected chi connectivity index (χ0v) is 10.7. The molecule has 18 heavy (non-hydrogen) atoms. The van der Waals surface area contributed by atoms with E-state index in [1.165, 1.54) is 11.8 Å². The lowest BCUT2D eigenvalue weighted by Gasteiger charge is -2.05. The van der Waals surface area contributed by atoms with Gasteiger partial charge in [0, 0.05) is 12.4 Å². The Kier molecular flexibility index (Phi) is 4.01. The van der Waals surface area contributed by atoms with Crippen LogP contribution in [0.1, 0.15) is 5.56 Å². The average Bonchev–Trinajstić information content (AvgIpc) is 2.41. The molecule has 0 spiro atoms. The Morgan fingerprint density at radius 1 is 1.33 bits per heavy atom. The Bertz CT molecular complexity index is 574. The first-order chi connectivity index (χ1) is 8.70. The Balaban J connectivity index is 2.32. The van der Waals surface area contributed by atoms with Crippen LogP contribution in [0.5, 0.6) is 0 Å². The molecule has 0 aromatic carbocycles. The normalized spacial score (nSPS) is 11.5. The SMILES string of the molecule is NC(=NO)c1cccnc1Sc1ccc(Cl)cn1. The Hall–Kier alpha value is -1.79. The molecule has 0 fully saturated rings. The maximum atomic E-state index is 8.71. The van der Waals surface area contributed by atoms with Gasteiger partial charge in [-0.05, 0) is 36.0 Å². The topological polar surface area (TPSA) is 84.4 Å². The molecule has 3 N–H and O–H groups in total. The van der Waals surface area contributed by atoms with Gasteiger partial charge in [0.05, 0.1) is 10.6 Å². The van der Waals surface area contributed by atoms with Crippen molar-refractivity contribution in [2.24, 2.45) is 10.9 Å². The highest BCUT2D eigenvalue weighted by molar-refractivity contribution is 7.99. The standard InChI is InChI=1S/C11H9ClN4OS/c12-7-3-4-9(15-6-7)18-11-8(10(13)16-17)2-1-5-14-11/h1-6,17H,(H2,13,16). The molecule has 0 amide bonds. The van der Waals surface area contributed by atoms with E-state index in [9.17, 15) is 0 Å². The van der Waals surface area contributed by atoms with E-state index >= 15 is 0 Å². The van der Waals surface area contributed by atoms with E-state index < -0.39 is 0 Å². The molecule has 0 radical (unpaired) electrons. The minimum absolute atomic E-state index is 0.0135. The van der Waals surface area contributed by atoms with E-state index in [1.807, 2.05) is 0 Å². The minimum atomic E-state index is 0.0135. The van der Waals surface area contributed by atoms with Crippen molar-refractivity contribution in [3.05, 3.63) is 47.2 Å². The highest BCUT2D eigenvalue weighted by Crippen LogP contribution is 2.27. The van der Waals surface area contributed by atoms with Crippen LogP contribution in [0.4, 0.5) is 0 Å². The van der Waals surface area contributed by atoms with E-state index in [1.54, 1.807) is 36.7 Å². The summed E-state index contributed by atoms with van der Waals surface area (Å²) in [6.07, 6.45) is 3.18. The molecule has 2 rings (SSSR count). The van der Waals surface area contributed by atoms with E-state index in [-0.39, 0.29) is 5.84 Å². The molecule has 0 bridgehead atoms. The predicted octanol–water partition coefficient (Wildman–Crippen LogP) is 2.38. The zero-order valence-electron chi connectivity index (χ0n) is 9.12. The Morgan fingerprint density at radius 3 is 2.83 bits per heavy atom. The molecule has 0 aliphatic carbocycles. The van der Waals surface area contributed by atoms with Crippen molar-refractivity contribution in [3.63, 3.8) is 0 Å². The van der Waals surface area contributed by atoms with Crippen LogP contribution in [-0.4, -0.2) is 21.0 Å². The second kappa shape index (κ2) is 5.70. The molecule has 0 unspecified atom stereocenters. The lowest BCUT2D eigenvalue weighted by Crippen LogP contribution is -2.14. The van der Waals surface area contributed by atoms with Crippen molar-refractivity contribution in [1.82, 2.24) is 9.97 Å². The van der Waals surface area contributed by atoms with Gasteiger partial charge in [-0.1, -0.05) is 16.8 Å². The number of amidine groups is 1. The lowest BCUT2D eigenvalue weighted by molar-refractivity contribution is 0.318. The Morgan fingerprint density at radius 2 is 2.17 bits per heavy atom. The molecule has 0 saturated heterocycles. The van der Waals surface area contributed by atoms with Crippen molar-refractivity contribution in [1.29, 1.82) is 0 Å². The molecule has 0 saturated carbocycles. The fourth-order valence-electron chi connectivity index (χ4n) is 1.24. The third-order valence-electron chi connectivity index (χ3n) is 2.06. The number of rotatable bonds is 3. The maximum Gasteiger partial charge on any atom is 0.172 e. The second-order valence-corrected chi connectivity index (χ2v) is 4.70. The van der Waals surface area contributed by atoms with E-state index in [0.29, 0.717) is 15.6 Å². The van der Waals surface area contributed by atoms with Crippen LogP contribution in [0.25, 0.3) is 0 Å². The number of oxime groups is 1. The average molecular weight is 281 g/mol. The van der Waals surface area contributed by atoms with Gasteiger partial charge >= 0.3 is 0 Å². The van der Waals surface area contributed by atoms with Gasteiger partial charge in [0.25, 0.3) is 0 Å². The Labute approximate surface area is 113 Å². The number of halogens is 1. The summed E-state index contributed by atoms with van der Waals surface area (Å²) in [5.74, 6) is 0.0135. The minimum Gasteiger partial charge on any atom is -0.409 e. The molecular formula is C11H9ClN4OS. The first-order valence-electron chi connectivity index (χ1n) is 4.93. The largest absolute Gasteiger partial charge is 0.409 e. The third kappa shape index (κ3) is 2.91.